The highest BCUT2D eigenvalue weighted by molar-refractivity contribution is 6.53. The molecular formula is C22H13Cl3N2O3. The summed E-state index contributed by atoms with van der Waals surface area (Å²) in [4.78, 5) is 26.3. The lowest BCUT2D eigenvalue weighted by Crippen LogP contribution is -2.32. The Morgan fingerprint density at radius 3 is 2.07 bits per heavy atom. The van der Waals surface area contributed by atoms with E-state index in [9.17, 15) is 9.59 Å². The van der Waals surface area contributed by atoms with Crippen molar-refractivity contribution in [1.82, 2.24) is 0 Å². The number of hydrogen-bond donors (Lipinski definition) is 1. The Morgan fingerprint density at radius 1 is 0.733 bits per heavy atom. The summed E-state index contributed by atoms with van der Waals surface area (Å²) in [5, 5.41) is 3.23. The summed E-state index contributed by atoms with van der Waals surface area (Å²) < 4.78 is 5.74. The third-order valence-electron chi connectivity index (χ3n) is 4.29. The maximum absolute atomic E-state index is 12.8. The Bertz CT molecular complexity index is 1160. The highest BCUT2D eigenvalue weighted by Crippen LogP contribution is 2.34. The van der Waals surface area contributed by atoms with E-state index in [1.165, 1.54) is 18.2 Å². The fourth-order valence-corrected chi connectivity index (χ4v) is 3.35. The molecule has 0 saturated carbocycles. The van der Waals surface area contributed by atoms with Crippen LogP contribution in [-0.2, 0) is 9.59 Å². The second-order valence-electron chi connectivity index (χ2n) is 6.30. The number of imide groups is 1. The second-order valence-corrected chi connectivity index (χ2v) is 7.49. The average molecular weight is 460 g/mol. The van der Waals surface area contributed by atoms with Crippen molar-refractivity contribution in [3.63, 3.8) is 0 Å². The lowest BCUT2D eigenvalue weighted by atomic mass is 10.2. The molecule has 0 aliphatic carbocycles. The van der Waals surface area contributed by atoms with E-state index in [1.54, 1.807) is 24.3 Å². The van der Waals surface area contributed by atoms with Gasteiger partial charge < -0.3 is 10.1 Å². The van der Waals surface area contributed by atoms with Gasteiger partial charge in [-0.1, -0.05) is 53.0 Å². The zero-order valence-electron chi connectivity index (χ0n) is 15.2. The molecule has 0 unspecified atom stereocenters. The van der Waals surface area contributed by atoms with E-state index in [4.69, 9.17) is 39.5 Å². The van der Waals surface area contributed by atoms with Gasteiger partial charge in [-0.3, -0.25) is 9.59 Å². The van der Waals surface area contributed by atoms with Crippen LogP contribution in [0.1, 0.15) is 0 Å². The van der Waals surface area contributed by atoms with Crippen LogP contribution in [0.4, 0.5) is 11.4 Å². The number of nitrogens with one attached hydrogen (secondary N) is 1. The summed E-state index contributed by atoms with van der Waals surface area (Å²) in [6, 6.07) is 20.7. The molecule has 0 bridgehead atoms. The lowest BCUT2D eigenvalue weighted by Gasteiger charge is -2.15. The molecule has 0 atom stereocenters. The molecule has 0 fully saturated rings. The van der Waals surface area contributed by atoms with Gasteiger partial charge in [0.15, 0.2) is 0 Å². The first-order valence-corrected chi connectivity index (χ1v) is 9.91. The van der Waals surface area contributed by atoms with Crippen molar-refractivity contribution < 1.29 is 14.3 Å². The molecule has 1 aliphatic rings. The van der Waals surface area contributed by atoms with E-state index in [0.29, 0.717) is 22.2 Å². The summed E-state index contributed by atoms with van der Waals surface area (Å²) in [7, 11) is 0. The molecule has 1 N–H and O–H groups in total. The lowest BCUT2D eigenvalue weighted by molar-refractivity contribution is -0.120. The number of halogens is 3. The number of para-hydroxylation sites is 1. The average Bonchev–Trinajstić information content (AvgIpc) is 2.95. The van der Waals surface area contributed by atoms with Crippen LogP contribution in [0.3, 0.4) is 0 Å². The van der Waals surface area contributed by atoms with Crippen LogP contribution in [0.5, 0.6) is 11.5 Å². The van der Waals surface area contributed by atoms with Crippen LogP contribution in [0.15, 0.2) is 83.5 Å². The first-order chi connectivity index (χ1) is 14.4. The van der Waals surface area contributed by atoms with Gasteiger partial charge in [-0.2, -0.15) is 0 Å². The first-order valence-electron chi connectivity index (χ1n) is 8.77. The van der Waals surface area contributed by atoms with Crippen LogP contribution in [-0.4, -0.2) is 11.8 Å². The Balaban J connectivity index is 1.52. The van der Waals surface area contributed by atoms with Gasteiger partial charge >= 0.3 is 0 Å². The van der Waals surface area contributed by atoms with Gasteiger partial charge in [0.05, 0.1) is 15.7 Å². The van der Waals surface area contributed by atoms with Gasteiger partial charge in [-0.15, -0.1) is 0 Å². The van der Waals surface area contributed by atoms with E-state index >= 15 is 0 Å². The topological polar surface area (TPSA) is 58.6 Å². The largest absolute Gasteiger partial charge is 0.457 e. The zero-order valence-corrected chi connectivity index (χ0v) is 17.5. The number of amides is 2. The fourth-order valence-electron chi connectivity index (χ4n) is 2.85. The van der Waals surface area contributed by atoms with Gasteiger partial charge in [0.1, 0.15) is 22.2 Å². The van der Waals surface area contributed by atoms with Crippen LogP contribution < -0.4 is 15.0 Å². The van der Waals surface area contributed by atoms with Gasteiger partial charge in [0.2, 0.25) is 0 Å². The Labute approximate surface area is 187 Å². The van der Waals surface area contributed by atoms with Gasteiger partial charge in [-0.25, -0.2) is 4.90 Å². The molecule has 3 aromatic carbocycles. The number of ether oxygens (including phenoxy) is 1. The normalized spacial score (nSPS) is 13.8. The van der Waals surface area contributed by atoms with Crippen molar-refractivity contribution in [1.29, 1.82) is 0 Å². The van der Waals surface area contributed by atoms with Crippen molar-refractivity contribution in [2.45, 2.75) is 0 Å². The molecule has 4 rings (SSSR count). The maximum atomic E-state index is 12.8. The van der Waals surface area contributed by atoms with Gasteiger partial charge in [0, 0.05) is 5.69 Å². The van der Waals surface area contributed by atoms with E-state index < -0.39 is 11.8 Å². The zero-order chi connectivity index (χ0) is 21.3. The van der Waals surface area contributed by atoms with Crippen molar-refractivity contribution >= 4 is 58.0 Å². The van der Waals surface area contributed by atoms with Crippen LogP contribution in [0.25, 0.3) is 0 Å². The van der Waals surface area contributed by atoms with Crippen LogP contribution in [0, 0.1) is 0 Å². The third kappa shape index (κ3) is 4.00. The fraction of sp³-hybridized carbons (Fsp3) is 0. The number of benzene rings is 3. The molecule has 1 heterocycles. The standard InChI is InChI=1S/C22H13Cl3N2O3/c23-17-11-8-14(12-18(17)24)27-21(28)19(25)20(22(27)29)26-13-6-9-16(10-7-13)30-15-4-2-1-3-5-15/h1-12,26H. The number of carbonyl (C=O) groups is 2. The monoisotopic (exact) mass is 458 g/mol. The number of nitrogens with zero attached hydrogens (tertiary/aromatic N) is 1. The molecule has 0 radical (unpaired) electrons. The first kappa shape index (κ1) is 20.3. The Hall–Kier alpha value is -2.99. The summed E-state index contributed by atoms with van der Waals surface area (Å²) in [5.41, 5.74) is 0.825. The van der Waals surface area contributed by atoms with Gasteiger partial charge in [0.25, 0.3) is 11.8 Å². The molecule has 2 amide bonds. The van der Waals surface area contributed by atoms with Gasteiger partial charge in [-0.05, 0) is 54.6 Å². The van der Waals surface area contributed by atoms with Crippen molar-refractivity contribution in [3.8, 4) is 11.5 Å². The van der Waals surface area contributed by atoms with Crippen LogP contribution >= 0.6 is 34.8 Å². The third-order valence-corrected chi connectivity index (χ3v) is 5.38. The minimum absolute atomic E-state index is 0.0236. The molecule has 0 spiro atoms. The molecule has 30 heavy (non-hydrogen) atoms. The Kier molecular flexibility index (Phi) is 5.68. The number of carbonyl (C=O) groups excluding carboxylic acids is 2. The highest BCUT2D eigenvalue weighted by atomic mass is 35.5. The predicted molar refractivity (Wildman–Crippen MR) is 118 cm³/mol. The van der Waals surface area contributed by atoms with Crippen LogP contribution in [0.2, 0.25) is 10.0 Å². The summed E-state index contributed by atoms with van der Waals surface area (Å²) in [6.45, 7) is 0. The van der Waals surface area contributed by atoms with Crippen molar-refractivity contribution in [2.75, 3.05) is 10.2 Å². The number of hydrogen-bond acceptors (Lipinski definition) is 4. The van der Waals surface area contributed by atoms with E-state index in [1.807, 2.05) is 30.3 Å². The second kappa shape index (κ2) is 8.40. The van der Waals surface area contributed by atoms with E-state index in [-0.39, 0.29) is 21.4 Å². The van der Waals surface area contributed by atoms with Crippen molar-refractivity contribution in [3.05, 3.63) is 93.6 Å². The SMILES string of the molecule is O=C1C(Cl)=C(Nc2ccc(Oc3ccccc3)cc2)C(=O)N1c1ccc(Cl)c(Cl)c1. The van der Waals surface area contributed by atoms with E-state index in [0.717, 1.165) is 4.90 Å². The molecule has 5 nitrogen and oxygen atoms in total. The maximum Gasteiger partial charge on any atom is 0.283 e. The molecule has 150 valence electrons. The minimum atomic E-state index is -0.647. The minimum Gasteiger partial charge on any atom is -0.457 e. The molecule has 0 aromatic heterocycles. The number of anilines is 2. The summed E-state index contributed by atoms with van der Waals surface area (Å²) in [5.74, 6) is 0.0930. The predicted octanol–water partition coefficient (Wildman–Crippen LogP) is 6.22. The van der Waals surface area contributed by atoms with Crippen molar-refractivity contribution in [2.24, 2.45) is 0 Å². The summed E-state index contributed by atoms with van der Waals surface area (Å²) in [6.07, 6.45) is 0. The molecular weight excluding hydrogens is 447 g/mol. The quantitative estimate of drug-likeness (QED) is 0.460. The summed E-state index contributed by atoms with van der Waals surface area (Å²) >= 11 is 18.1. The molecule has 3 aromatic rings. The Morgan fingerprint density at radius 2 is 1.40 bits per heavy atom. The van der Waals surface area contributed by atoms with E-state index in [2.05, 4.69) is 5.32 Å². The highest BCUT2D eigenvalue weighted by Gasteiger charge is 2.39. The molecule has 8 heteroatoms. The molecule has 1 aliphatic heterocycles. The smallest absolute Gasteiger partial charge is 0.283 e. The number of rotatable bonds is 5. The molecule has 0 saturated heterocycles.